The third kappa shape index (κ3) is 3.94. The molecule has 0 N–H and O–H groups in total. The fourth-order valence-electron chi connectivity index (χ4n) is 4.33. The topological polar surface area (TPSA) is 3.24 Å². The molecule has 5 rings (SSSR count). The van der Waals surface area contributed by atoms with E-state index in [0.29, 0.717) is 0 Å². The summed E-state index contributed by atoms with van der Waals surface area (Å²) in [5.41, 5.74) is 8.58. The van der Waals surface area contributed by atoms with E-state index in [0.717, 1.165) is 21.5 Å². The van der Waals surface area contributed by atoms with E-state index in [4.69, 9.17) is 0 Å². The van der Waals surface area contributed by atoms with Gasteiger partial charge in [0.2, 0.25) is 0 Å². The minimum absolute atomic E-state index is 1.10. The molecule has 2 heteroatoms. The van der Waals surface area contributed by atoms with Crippen molar-refractivity contribution < 1.29 is 0 Å². The summed E-state index contributed by atoms with van der Waals surface area (Å²) < 4.78 is 1.10. The quantitative estimate of drug-likeness (QED) is 0.249. The lowest BCUT2D eigenvalue weighted by atomic mass is 9.96. The fraction of sp³-hybridized carbons (Fsp3) is 0.0667. The first-order valence-corrected chi connectivity index (χ1v) is 11.6. The maximum atomic E-state index is 3.58. The van der Waals surface area contributed by atoms with Gasteiger partial charge in [0.15, 0.2) is 0 Å². The third-order valence-electron chi connectivity index (χ3n) is 5.96. The summed E-state index contributed by atoms with van der Waals surface area (Å²) in [6, 6.07) is 39.0. The average molecular weight is 478 g/mol. The highest BCUT2D eigenvalue weighted by Crippen LogP contribution is 2.38. The Balaban J connectivity index is 1.65. The lowest BCUT2D eigenvalue weighted by Gasteiger charge is -2.26. The summed E-state index contributed by atoms with van der Waals surface area (Å²) >= 11 is 3.58. The molecule has 0 radical (unpaired) electrons. The molecule has 0 heterocycles. The zero-order chi connectivity index (χ0) is 22.1. The Bertz CT molecular complexity index is 1410. The molecule has 0 amide bonds. The van der Waals surface area contributed by atoms with Crippen LogP contribution in [-0.2, 0) is 0 Å². The number of hydrogen-bond acceptors (Lipinski definition) is 1. The van der Waals surface area contributed by atoms with E-state index < -0.39 is 0 Å². The smallest absolute Gasteiger partial charge is 0.0468 e. The Labute approximate surface area is 198 Å². The van der Waals surface area contributed by atoms with Crippen LogP contribution in [0.4, 0.5) is 17.1 Å². The SMILES string of the molecule is Cc1ccccc1-c1ccc(N(c2ccccc2)c2ccc3cc(Br)ccc3c2)cc1C. The monoisotopic (exact) mass is 477 g/mol. The molecule has 0 aliphatic rings. The average Bonchev–Trinajstić information content (AvgIpc) is 2.81. The van der Waals surface area contributed by atoms with Crippen molar-refractivity contribution in [1.29, 1.82) is 0 Å². The number of hydrogen-bond donors (Lipinski definition) is 0. The van der Waals surface area contributed by atoms with Crippen molar-refractivity contribution in [2.24, 2.45) is 0 Å². The summed E-state index contributed by atoms with van der Waals surface area (Å²) in [7, 11) is 0. The van der Waals surface area contributed by atoms with Gasteiger partial charge in [0.25, 0.3) is 0 Å². The normalized spacial score (nSPS) is 11.0. The molecule has 156 valence electrons. The van der Waals surface area contributed by atoms with E-state index in [9.17, 15) is 0 Å². The zero-order valence-corrected chi connectivity index (χ0v) is 19.8. The van der Waals surface area contributed by atoms with Crippen LogP contribution in [0.2, 0.25) is 0 Å². The highest BCUT2D eigenvalue weighted by molar-refractivity contribution is 9.10. The van der Waals surface area contributed by atoms with Crippen molar-refractivity contribution >= 4 is 43.8 Å². The van der Waals surface area contributed by atoms with Crippen molar-refractivity contribution in [2.75, 3.05) is 4.90 Å². The molecule has 0 fully saturated rings. The second kappa shape index (κ2) is 8.64. The second-order valence-corrected chi connectivity index (χ2v) is 9.08. The van der Waals surface area contributed by atoms with Gasteiger partial charge >= 0.3 is 0 Å². The van der Waals surface area contributed by atoms with Crippen LogP contribution in [0.3, 0.4) is 0 Å². The van der Waals surface area contributed by atoms with Crippen LogP contribution in [-0.4, -0.2) is 0 Å². The minimum Gasteiger partial charge on any atom is -0.310 e. The predicted molar refractivity (Wildman–Crippen MR) is 141 cm³/mol. The first kappa shape index (κ1) is 20.5. The summed E-state index contributed by atoms with van der Waals surface area (Å²) in [6.45, 7) is 4.37. The van der Waals surface area contributed by atoms with Gasteiger partial charge in [0, 0.05) is 21.5 Å². The molecule has 5 aromatic carbocycles. The van der Waals surface area contributed by atoms with Gasteiger partial charge in [0.1, 0.15) is 0 Å². The molecule has 0 saturated carbocycles. The van der Waals surface area contributed by atoms with Crippen molar-refractivity contribution in [3.63, 3.8) is 0 Å². The molecule has 0 atom stereocenters. The highest BCUT2D eigenvalue weighted by atomic mass is 79.9. The predicted octanol–water partition coefficient (Wildman–Crippen LogP) is 9.36. The van der Waals surface area contributed by atoms with Crippen LogP contribution in [0.5, 0.6) is 0 Å². The Morgan fingerprint density at radius 2 is 1.12 bits per heavy atom. The number of anilines is 3. The molecule has 5 aromatic rings. The van der Waals surface area contributed by atoms with Crippen LogP contribution in [0.25, 0.3) is 21.9 Å². The van der Waals surface area contributed by atoms with Crippen molar-refractivity contribution in [3.05, 3.63) is 125 Å². The Hall–Kier alpha value is -3.36. The van der Waals surface area contributed by atoms with Gasteiger partial charge in [-0.15, -0.1) is 0 Å². The summed E-state index contributed by atoms with van der Waals surface area (Å²) in [4.78, 5) is 2.33. The molecule has 0 spiro atoms. The lowest BCUT2D eigenvalue weighted by Crippen LogP contribution is -2.10. The van der Waals surface area contributed by atoms with Gasteiger partial charge in [-0.2, -0.15) is 0 Å². The number of rotatable bonds is 4. The molecule has 0 aromatic heterocycles. The number of nitrogens with zero attached hydrogens (tertiary/aromatic N) is 1. The first-order chi connectivity index (χ1) is 15.6. The van der Waals surface area contributed by atoms with E-state index >= 15 is 0 Å². The van der Waals surface area contributed by atoms with E-state index in [1.54, 1.807) is 0 Å². The van der Waals surface area contributed by atoms with Crippen LogP contribution in [0.1, 0.15) is 11.1 Å². The maximum absolute atomic E-state index is 3.58. The molecule has 0 aliphatic carbocycles. The molecule has 32 heavy (non-hydrogen) atoms. The van der Waals surface area contributed by atoms with E-state index in [2.05, 4.69) is 144 Å². The highest BCUT2D eigenvalue weighted by Gasteiger charge is 2.15. The maximum Gasteiger partial charge on any atom is 0.0468 e. The van der Waals surface area contributed by atoms with Gasteiger partial charge in [-0.1, -0.05) is 76.6 Å². The van der Waals surface area contributed by atoms with E-state index in [-0.39, 0.29) is 0 Å². The molecule has 0 unspecified atom stereocenters. The zero-order valence-electron chi connectivity index (χ0n) is 18.2. The third-order valence-corrected chi connectivity index (χ3v) is 6.46. The number of para-hydroxylation sites is 1. The van der Waals surface area contributed by atoms with Crippen molar-refractivity contribution in [3.8, 4) is 11.1 Å². The van der Waals surface area contributed by atoms with Gasteiger partial charge in [-0.05, 0) is 95.4 Å². The Morgan fingerprint density at radius 3 is 1.91 bits per heavy atom. The number of aryl methyl sites for hydroxylation is 2. The number of halogens is 1. The molecular weight excluding hydrogens is 454 g/mol. The van der Waals surface area contributed by atoms with Gasteiger partial charge in [-0.25, -0.2) is 0 Å². The van der Waals surface area contributed by atoms with Crippen LogP contribution in [0, 0.1) is 13.8 Å². The molecular formula is C30H24BrN. The largest absolute Gasteiger partial charge is 0.310 e. The van der Waals surface area contributed by atoms with Crippen LogP contribution >= 0.6 is 15.9 Å². The molecule has 0 bridgehead atoms. The summed E-state index contributed by atoms with van der Waals surface area (Å²) in [6.07, 6.45) is 0. The molecule has 0 aliphatic heterocycles. The second-order valence-electron chi connectivity index (χ2n) is 8.16. The molecule has 0 saturated heterocycles. The first-order valence-electron chi connectivity index (χ1n) is 10.8. The minimum atomic E-state index is 1.10. The van der Waals surface area contributed by atoms with Crippen molar-refractivity contribution in [1.82, 2.24) is 0 Å². The van der Waals surface area contributed by atoms with Crippen LogP contribution < -0.4 is 4.90 Å². The number of fused-ring (bicyclic) bond motifs is 1. The van der Waals surface area contributed by atoms with Gasteiger partial charge < -0.3 is 4.90 Å². The lowest BCUT2D eigenvalue weighted by molar-refractivity contribution is 1.27. The summed E-state index contributed by atoms with van der Waals surface area (Å²) in [5, 5.41) is 2.45. The Kier molecular flexibility index (Phi) is 5.55. The Morgan fingerprint density at radius 1 is 0.500 bits per heavy atom. The number of benzene rings is 5. The van der Waals surface area contributed by atoms with Gasteiger partial charge in [-0.3, -0.25) is 0 Å². The standard InChI is InChI=1S/C30H24BrN/c1-21-8-6-7-11-29(21)30-17-16-27(18-22(30)2)32(26-9-4-3-5-10-26)28-15-13-23-19-25(31)14-12-24(23)20-28/h3-20H,1-2H3. The fourth-order valence-corrected chi connectivity index (χ4v) is 4.71. The van der Waals surface area contributed by atoms with Crippen LogP contribution in [0.15, 0.2) is 114 Å². The van der Waals surface area contributed by atoms with E-state index in [1.807, 2.05) is 0 Å². The van der Waals surface area contributed by atoms with E-state index in [1.165, 1.54) is 33.0 Å². The summed E-state index contributed by atoms with van der Waals surface area (Å²) in [5.74, 6) is 0. The molecule has 1 nitrogen and oxygen atoms in total. The van der Waals surface area contributed by atoms with Crippen molar-refractivity contribution in [2.45, 2.75) is 13.8 Å². The van der Waals surface area contributed by atoms with Gasteiger partial charge in [0.05, 0.1) is 0 Å².